The fourth-order valence-corrected chi connectivity index (χ4v) is 4.89. The number of sulfonamides is 1. The molecule has 0 aliphatic heterocycles. The summed E-state index contributed by atoms with van der Waals surface area (Å²) >= 11 is 0.987. The zero-order valence-electron chi connectivity index (χ0n) is 16.7. The molecule has 0 saturated carbocycles. The molecule has 2 aromatic heterocycles. The van der Waals surface area contributed by atoms with Crippen LogP contribution in [0.3, 0.4) is 0 Å². The lowest BCUT2D eigenvalue weighted by atomic mass is 10.2. The molecular formula is C20H20N4O4S2. The molecule has 0 bridgehead atoms. The minimum atomic E-state index is -3.78. The van der Waals surface area contributed by atoms with Gasteiger partial charge in [-0.1, -0.05) is 6.07 Å². The average Bonchev–Trinajstić information content (AvgIpc) is 3.35. The van der Waals surface area contributed by atoms with Crippen molar-refractivity contribution in [2.75, 3.05) is 13.7 Å². The Hall–Kier alpha value is -2.82. The van der Waals surface area contributed by atoms with Gasteiger partial charge in [0.1, 0.15) is 27.4 Å². The third kappa shape index (κ3) is 3.81. The van der Waals surface area contributed by atoms with Crippen molar-refractivity contribution in [2.24, 2.45) is 0 Å². The first-order valence-electron chi connectivity index (χ1n) is 9.27. The number of hydrogen-bond acceptors (Lipinski definition) is 8. The van der Waals surface area contributed by atoms with Gasteiger partial charge in [0.05, 0.1) is 30.6 Å². The summed E-state index contributed by atoms with van der Waals surface area (Å²) in [6, 6.07) is 12.3. The average molecular weight is 445 g/mol. The Bertz CT molecular complexity index is 1280. The third-order valence-corrected chi connectivity index (χ3v) is 6.99. The van der Waals surface area contributed by atoms with Crippen LogP contribution in [-0.4, -0.2) is 40.1 Å². The van der Waals surface area contributed by atoms with Gasteiger partial charge in [-0.2, -0.15) is 13.1 Å². The van der Waals surface area contributed by atoms with Crippen molar-refractivity contribution >= 4 is 32.8 Å². The van der Waals surface area contributed by atoms with Gasteiger partial charge in [0.15, 0.2) is 0 Å². The zero-order chi connectivity index (χ0) is 21.3. The van der Waals surface area contributed by atoms with Crippen molar-refractivity contribution in [3.05, 3.63) is 53.9 Å². The molecule has 0 atom stereocenters. The number of rotatable bonds is 7. The predicted molar refractivity (Wildman–Crippen MR) is 114 cm³/mol. The summed E-state index contributed by atoms with van der Waals surface area (Å²) in [5.74, 6) is 1.76. The van der Waals surface area contributed by atoms with Gasteiger partial charge in [0, 0.05) is 12.6 Å². The van der Waals surface area contributed by atoms with Crippen LogP contribution in [0.1, 0.15) is 18.4 Å². The summed E-state index contributed by atoms with van der Waals surface area (Å²) in [6.45, 7) is 4.36. The minimum absolute atomic E-state index is 0.0721. The molecule has 0 unspecified atom stereocenters. The molecule has 4 aromatic rings. The fraction of sp³-hybridized carbons (Fsp3) is 0.250. The molecule has 0 aliphatic rings. The number of oxazole rings is 1. The second-order valence-electron chi connectivity index (χ2n) is 6.63. The largest absolute Gasteiger partial charge is 0.494 e. The Morgan fingerprint density at radius 3 is 2.63 bits per heavy atom. The Morgan fingerprint density at radius 2 is 1.90 bits per heavy atom. The van der Waals surface area contributed by atoms with Crippen LogP contribution in [0.15, 0.2) is 51.8 Å². The molecule has 0 aliphatic carbocycles. The van der Waals surface area contributed by atoms with E-state index in [1.54, 1.807) is 19.1 Å². The van der Waals surface area contributed by atoms with E-state index < -0.39 is 10.0 Å². The Morgan fingerprint density at radius 1 is 1.13 bits per heavy atom. The normalized spacial score (nSPS) is 12.0. The summed E-state index contributed by atoms with van der Waals surface area (Å²) in [4.78, 5) is 4.64. The van der Waals surface area contributed by atoms with E-state index >= 15 is 0 Å². The SMILES string of the molecule is CCOc1ccc(-c2nc(CN(C)S(=O)(=O)c3cccc4nsnc34)c(C)o2)cc1. The highest BCUT2D eigenvalue weighted by atomic mass is 32.2. The highest BCUT2D eigenvalue weighted by Gasteiger charge is 2.26. The third-order valence-electron chi connectivity index (χ3n) is 4.61. The number of benzene rings is 2. The molecule has 30 heavy (non-hydrogen) atoms. The Kier molecular flexibility index (Phi) is 5.54. The van der Waals surface area contributed by atoms with Crippen LogP contribution in [0, 0.1) is 6.92 Å². The number of aryl methyl sites for hydroxylation is 1. The maximum absolute atomic E-state index is 13.1. The molecule has 156 valence electrons. The van der Waals surface area contributed by atoms with Crippen LogP contribution in [0.4, 0.5) is 0 Å². The van der Waals surface area contributed by atoms with Gasteiger partial charge < -0.3 is 9.15 Å². The van der Waals surface area contributed by atoms with Crippen molar-refractivity contribution < 1.29 is 17.6 Å². The van der Waals surface area contributed by atoms with Gasteiger partial charge in [-0.05, 0) is 50.2 Å². The lowest BCUT2D eigenvalue weighted by Crippen LogP contribution is -2.27. The number of aromatic nitrogens is 3. The first kappa shape index (κ1) is 20.5. The Labute approximate surface area is 178 Å². The zero-order valence-corrected chi connectivity index (χ0v) is 18.3. The molecular weight excluding hydrogens is 424 g/mol. The summed E-state index contributed by atoms with van der Waals surface area (Å²) in [6.07, 6.45) is 0. The van der Waals surface area contributed by atoms with Crippen LogP contribution in [0.2, 0.25) is 0 Å². The summed E-state index contributed by atoms with van der Waals surface area (Å²) in [7, 11) is -2.27. The van der Waals surface area contributed by atoms with Gasteiger partial charge in [0.2, 0.25) is 15.9 Å². The standard InChI is InChI=1S/C20H20N4O4S2/c1-4-27-15-10-8-14(9-11-15)20-21-17(13(2)28-20)12-24(3)30(25,26)18-7-5-6-16-19(18)23-29-22-16/h5-11H,4,12H2,1-3H3. The second-order valence-corrected chi connectivity index (χ2v) is 9.17. The van der Waals surface area contributed by atoms with Crippen molar-refractivity contribution in [3.8, 4) is 17.2 Å². The van der Waals surface area contributed by atoms with E-state index in [1.807, 2.05) is 31.2 Å². The minimum Gasteiger partial charge on any atom is -0.494 e. The quantitative estimate of drug-likeness (QED) is 0.427. The van der Waals surface area contributed by atoms with Crippen LogP contribution in [0.5, 0.6) is 5.75 Å². The fourth-order valence-electron chi connectivity index (χ4n) is 3.01. The first-order valence-corrected chi connectivity index (χ1v) is 11.4. The highest BCUT2D eigenvalue weighted by molar-refractivity contribution is 7.89. The topological polar surface area (TPSA) is 98.4 Å². The smallest absolute Gasteiger partial charge is 0.245 e. The van der Waals surface area contributed by atoms with Crippen LogP contribution in [0.25, 0.3) is 22.5 Å². The van der Waals surface area contributed by atoms with Gasteiger partial charge in [0.25, 0.3) is 0 Å². The number of nitrogens with zero attached hydrogens (tertiary/aromatic N) is 4. The molecule has 10 heteroatoms. The van der Waals surface area contributed by atoms with Gasteiger partial charge in [-0.25, -0.2) is 13.4 Å². The van der Waals surface area contributed by atoms with Gasteiger partial charge in [-0.15, -0.1) is 0 Å². The van der Waals surface area contributed by atoms with Crippen LogP contribution < -0.4 is 4.74 Å². The van der Waals surface area contributed by atoms with Crippen molar-refractivity contribution in [2.45, 2.75) is 25.3 Å². The molecule has 8 nitrogen and oxygen atoms in total. The highest BCUT2D eigenvalue weighted by Crippen LogP contribution is 2.27. The molecule has 4 rings (SSSR count). The number of hydrogen-bond donors (Lipinski definition) is 0. The van der Waals surface area contributed by atoms with E-state index in [0.717, 1.165) is 23.0 Å². The number of fused-ring (bicyclic) bond motifs is 1. The van der Waals surface area contributed by atoms with E-state index in [0.29, 0.717) is 35.0 Å². The summed E-state index contributed by atoms with van der Waals surface area (Å²) in [5.41, 5.74) is 2.27. The lowest BCUT2D eigenvalue weighted by molar-refractivity contribution is 0.340. The Balaban J connectivity index is 1.59. The van der Waals surface area contributed by atoms with E-state index in [-0.39, 0.29) is 11.4 Å². The van der Waals surface area contributed by atoms with Gasteiger partial charge >= 0.3 is 0 Å². The van der Waals surface area contributed by atoms with Crippen molar-refractivity contribution in [1.82, 2.24) is 18.0 Å². The van der Waals surface area contributed by atoms with E-state index in [9.17, 15) is 8.42 Å². The van der Waals surface area contributed by atoms with E-state index in [1.165, 1.54) is 17.4 Å². The van der Waals surface area contributed by atoms with Crippen molar-refractivity contribution in [3.63, 3.8) is 0 Å². The van der Waals surface area contributed by atoms with Gasteiger partial charge in [-0.3, -0.25) is 0 Å². The second kappa shape index (κ2) is 8.13. The molecule has 0 amide bonds. The molecule has 0 radical (unpaired) electrons. The molecule has 0 saturated heterocycles. The number of ether oxygens (including phenoxy) is 1. The molecule has 0 fully saturated rings. The molecule has 0 spiro atoms. The molecule has 2 aromatic carbocycles. The summed E-state index contributed by atoms with van der Waals surface area (Å²) in [5, 5.41) is 0. The first-order chi connectivity index (χ1) is 14.4. The van der Waals surface area contributed by atoms with Crippen LogP contribution >= 0.6 is 11.7 Å². The molecule has 0 N–H and O–H groups in total. The molecule has 2 heterocycles. The maximum atomic E-state index is 13.1. The lowest BCUT2D eigenvalue weighted by Gasteiger charge is -2.16. The monoisotopic (exact) mass is 444 g/mol. The predicted octanol–water partition coefficient (Wildman–Crippen LogP) is 3.87. The van der Waals surface area contributed by atoms with Crippen LogP contribution in [-0.2, 0) is 16.6 Å². The van der Waals surface area contributed by atoms with E-state index in [4.69, 9.17) is 9.15 Å². The summed E-state index contributed by atoms with van der Waals surface area (Å²) < 4.78 is 47.0. The maximum Gasteiger partial charge on any atom is 0.245 e. The van der Waals surface area contributed by atoms with E-state index in [2.05, 4.69) is 13.7 Å². The van der Waals surface area contributed by atoms with Crippen molar-refractivity contribution in [1.29, 1.82) is 0 Å².